The molecular formula is C21H25NO3S. The molecule has 1 aliphatic heterocycles. The lowest BCUT2D eigenvalue weighted by Crippen LogP contribution is -2.46. The van der Waals surface area contributed by atoms with Crippen LogP contribution in [0.2, 0.25) is 0 Å². The Morgan fingerprint density at radius 3 is 2.50 bits per heavy atom. The molecule has 26 heavy (non-hydrogen) atoms. The zero-order valence-corrected chi connectivity index (χ0v) is 16.2. The molecule has 2 aromatic rings. The van der Waals surface area contributed by atoms with E-state index in [9.17, 15) is 4.79 Å². The summed E-state index contributed by atoms with van der Waals surface area (Å²) in [5, 5.41) is 3.41. The third-order valence-corrected chi connectivity index (χ3v) is 5.23. The maximum Gasteiger partial charge on any atom is 0.213 e. The van der Waals surface area contributed by atoms with Gasteiger partial charge >= 0.3 is 0 Å². The molecule has 0 saturated carbocycles. The smallest absolute Gasteiger partial charge is 0.213 e. The minimum atomic E-state index is -0.661. The average Bonchev–Trinajstić information content (AvgIpc) is 2.98. The summed E-state index contributed by atoms with van der Waals surface area (Å²) in [6, 6.07) is 17.6. The lowest BCUT2D eigenvalue weighted by Gasteiger charge is -2.24. The quantitative estimate of drug-likeness (QED) is 0.780. The SMILES string of the molecule is Cc1ccc(SC(=O)[C@H](NCc2ccccc2)[C@H]2COC(C)(C)O2)cc1. The third-order valence-electron chi connectivity index (χ3n) is 4.26. The molecule has 5 heteroatoms. The summed E-state index contributed by atoms with van der Waals surface area (Å²) in [7, 11) is 0. The number of hydrogen-bond acceptors (Lipinski definition) is 5. The second-order valence-corrected chi connectivity index (χ2v) is 8.02. The van der Waals surface area contributed by atoms with E-state index >= 15 is 0 Å². The standard InChI is InChI=1S/C21H25NO3S/c1-15-9-11-17(12-10-15)26-20(23)19(18-14-24-21(2,3)25-18)22-13-16-7-5-4-6-8-16/h4-12,18-19,22H,13-14H2,1-3H3/t18-,19-/m1/s1. The topological polar surface area (TPSA) is 47.6 Å². The zero-order valence-electron chi connectivity index (χ0n) is 15.4. The van der Waals surface area contributed by atoms with Crippen LogP contribution in [0, 0.1) is 6.92 Å². The van der Waals surface area contributed by atoms with E-state index in [1.165, 1.54) is 17.3 Å². The summed E-state index contributed by atoms with van der Waals surface area (Å²) in [6.45, 7) is 6.79. The van der Waals surface area contributed by atoms with Crippen molar-refractivity contribution in [2.45, 2.75) is 50.1 Å². The molecule has 0 aromatic heterocycles. The van der Waals surface area contributed by atoms with Gasteiger partial charge in [0.2, 0.25) is 5.12 Å². The van der Waals surface area contributed by atoms with Gasteiger partial charge in [-0.15, -0.1) is 0 Å². The van der Waals surface area contributed by atoms with Crippen molar-refractivity contribution in [3.05, 3.63) is 65.7 Å². The van der Waals surface area contributed by atoms with Crippen molar-refractivity contribution in [2.75, 3.05) is 6.61 Å². The van der Waals surface area contributed by atoms with Gasteiger partial charge in [-0.25, -0.2) is 0 Å². The van der Waals surface area contributed by atoms with Gasteiger partial charge in [0.25, 0.3) is 0 Å². The second-order valence-electron chi connectivity index (χ2n) is 6.95. The van der Waals surface area contributed by atoms with Crippen molar-refractivity contribution in [1.82, 2.24) is 5.32 Å². The van der Waals surface area contributed by atoms with E-state index in [1.807, 2.05) is 75.4 Å². The van der Waals surface area contributed by atoms with Gasteiger partial charge in [0.15, 0.2) is 5.79 Å². The summed E-state index contributed by atoms with van der Waals surface area (Å²) >= 11 is 1.25. The minimum Gasteiger partial charge on any atom is -0.348 e. The van der Waals surface area contributed by atoms with Crippen LogP contribution in [0.4, 0.5) is 0 Å². The zero-order chi connectivity index (χ0) is 18.6. The van der Waals surface area contributed by atoms with Crippen LogP contribution in [0.3, 0.4) is 0 Å². The van der Waals surface area contributed by atoms with Crippen LogP contribution in [0.5, 0.6) is 0 Å². The molecule has 2 aromatic carbocycles. The van der Waals surface area contributed by atoms with E-state index < -0.39 is 11.8 Å². The van der Waals surface area contributed by atoms with E-state index in [1.54, 1.807) is 0 Å². The minimum absolute atomic E-state index is 0.0380. The van der Waals surface area contributed by atoms with E-state index in [4.69, 9.17) is 9.47 Å². The van der Waals surface area contributed by atoms with E-state index in [2.05, 4.69) is 5.32 Å². The highest BCUT2D eigenvalue weighted by molar-refractivity contribution is 8.13. The summed E-state index contributed by atoms with van der Waals surface area (Å²) in [5.41, 5.74) is 2.30. The first-order valence-corrected chi connectivity index (χ1v) is 9.62. The van der Waals surface area contributed by atoms with Crippen molar-refractivity contribution in [2.24, 2.45) is 0 Å². The van der Waals surface area contributed by atoms with Crippen LogP contribution in [0.15, 0.2) is 59.5 Å². The molecule has 2 atom stereocenters. The van der Waals surface area contributed by atoms with Gasteiger partial charge in [-0.3, -0.25) is 4.79 Å². The molecule has 4 nitrogen and oxygen atoms in total. The maximum absolute atomic E-state index is 13.0. The fourth-order valence-corrected chi connectivity index (χ4v) is 3.72. The Morgan fingerprint density at radius 2 is 1.88 bits per heavy atom. The maximum atomic E-state index is 13.0. The Kier molecular flexibility index (Phi) is 6.14. The first-order valence-electron chi connectivity index (χ1n) is 8.80. The van der Waals surface area contributed by atoms with Crippen molar-refractivity contribution >= 4 is 16.9 Å². The Hall–Kier alpha value is -1.66. The van der Waals surface area contributed by atoms with Gasteiger partial charge in [0, 0.05) is 11.4 Å². The normalized spacial score (nSPS) is 20.0. The van der Waals surface area contributed by atoms with Crippen LogP contribution in [-0.4, -0.2) is 29.7 Å². The lowest BCUT2D eigenvalue weighted by molar-refractivity contribution is -0.144. The van der Waals surface area contributed by atoms with Gasteiger partial charge in [-0.05, 0) is 38.5 Å². The summed E-state index contributed by atoms with van der Waals surface area (Å²) in [4.78, 5) is 13.9. The first-order chi connectivity index (χ1) is 12.4. The van der Waals surface area contributed by atoms with Crippen molar-refractivity contribution in [1.29, 1.82) is 0 Å². The van der Waals surface area contributed by atoms with Crippen LogP contribution in [0.25, 0.3) is 0 Å². The fourth-order valence-electron chi connectivity index (χ4n) is 2.86. The molecule has 0 unspecified atom stereocenters. The van der Waals surface area contributed by atoms with Gasteiger partial charge in [-0.1, -0.05) is 59.8 Å². The Labute approximate surface area is 159 Å². The molecular weight excluding hydrogens is 346 g/mol. The monoisotopic (exact) mass is 371 g/mol. The summed E-state index contributed by atoms with van der Waals surface area (Å²) in [5.74, 6) is -0.661. The predicted octanol–water partition coefficient (Wildman–Crippen LogP) is 3.92. The Bertz CT molecular complexity index is 731. The van der Waals surface area contributed by atoms with Crippen LogP contribution in [0.1, 0.15) is 25.0 Å². The Morgan fingerprint density at radius 1 is 1.19 bits per heavy atom. The van der Waals surface area contributed by atoms with Gasteiger partial charge in [0.1, 0.15) is 12.1 Å². The number of nitrogens with one attached hydrogen (secondary N) is 1. The van der Waals surface area contributed by atoms with Crippen LogP contribution in [-0.2, 0) is 20.8 Å². The molecule has 1 heterocycles. The number of benzene rings is 2. The van der Waals surface area contributed by atoms with Gasteiger partial charge in [0.05, 0.1) is 6.61 Å². The third kappa shape index (κ3) is 5.17. The van der Waals surface area contributed by atoms with E-state index in [0.29, 0.717) is 13.2 Å². The Balaban J connectivity index is 1.71. The number of rotatable bonds is 6. The van der Waals surface area contributed by atoms with Crippen molar-refractivity contribution in [3.63, 3.8) is 0 Å². The summed E-state index contributed by atoms with van der Waals surface area (Å²) in [6.07, 6.45) is -0.306. The molecule has 1 N–H and O–H groups in total. The number of hydrogen-bond donors (Lipinski definition) is 1. The number of thioether (sulfide) groups is 1. The molecule has 1 fully saturated rings. The highest BCUT2D eigenvalue weighted by Gasteiger charge is 2.40. The summed E-state index contributed by atoms with van der Waals surface area (Å²) < 4.78 is 11.6. The van der Waals surface area contributed by atoms with E-state index in [0.717, 1.165) is 10.5 Å². The molecule has 138 valence electrons. The highest BCUT2D eigenvalue weighted by atomic mass is 32.2. The van der Waals surface area contributed by atoms with Crippen molar-refractivity contribution < 1.29 is 14.3 Å². The fraction of sp³-hybridized carbons (Fsp3) is 0.381. The molecule has 0 aliphatic carbocycles. The molecule has 0 spiro atoms. The molecule has 0 radical (unpaired) electrons. The van der Waals surface area contributed by atoms with Crippen LogP contribution >= 0.6 is 11.8 Å². The number of carbonyl (C=O) groups excluding carboxylic acids is 1. The first kappa shape index (κ1) is 19.1. The molecule has 3 rings (SSSR count). The predicted molar refractivity (Wildman–Crippen MR) is 104 cm³/mol. The van der Waals surface area contributed by atoms with Crippen LogP contribution < -0.4 is 5.32 Å². The van der Waals surface area contributed by atoms with E-state index in [-0.39, 0.29) is 11.2 Å². The highest BCUT2D eigenvalue weighted by Crippen LogP contribution is 2.28. The van der Waals surface area contributed by atoms with Crippen molar-refractivity contribution in [3.8, 4) is 0 Å². The lowest BCUT2D eigenvalue weighted by atomic mass is 10.1. The number of carbonyl (C=O) groups is 1. The molecule has 0 amide bonds. The second kappa shape index (κ2) is 8.35. The number of aryl methyl sites for hydroxylation is 1. The average molecular weight is 372 g/mol. The number of ether oxygens (including phenoxy) is 2. The van der Waals surface area contributed by atoms with Gasteiger partial charge < -0.3 is 14.8 Å². The molecule has 1 saturated heterocycles. The van der Waals surface area contributed by atoms with Gasteiger partial charge in [-0.2, -0.15) is 0 Å². The largest absolute Gasteiger partial charge is 0.348 e. The molecule has 0 bridgehead atoms. The molecule has 1 aliphatic rings.